The number of carboxylic acids is 1. The Morgan fingerprint density at radius 3 is 2.67 bits per heavy atom. The summed E-state index contributed by atoms with van der Waals surface area (Å²) in [4.78, 5) is 11.1. The van der Waals surface area contributed by atoms with Crippen LogP contribution in [-0.4, -0.2) is 35.0 Å². The molecule has 2 N–H and O–H groups in total. The molecule has 2 rings (SSSR count). The van der Waals surface area contributed by atoms with E-state index in [2.05, 4.69) is 0 Å². The largest absolute Gasteiger partial charge is 0.496 e. The van der Waals surface area contributed by atoms with Gasteiger partial charge >= 0.3 is 5.97 Å². The zero-order chi connectivity index (χ0) is 13.5. The maximum Gasteiger partial charge on any atom is 0.339 e. The summed E-state index contributed by atoms with van der Waals surface area (Å²) < 4.78 is 10.8. The molecular formula is C13H16O5. The van der Waals surface area contributed by atoms with Crippen LogP contribution in [-0.2, 0) is 6.42 Å². The lowest BCUT2D eigenvalue weighted by molar-refractivity contribution is -0.0233. The normalized spacial score (nSPS) is 18.1. The highest BCUT2D eigenvalue weighted by atomic mass is 16.5. The van der Waals surface area contributed by atoms with Gasteiger partial charge in [0, 0.05) is 12.0 Å². The molecule has 1 heterocycles. The van der Waals surface area contributed by atoms with E-state index in [-0.39, 0.29) is 5.56 Å². The van der Waals surface area contributed by atoms with Crippen molar-refractivity contribution in [2.75, 3.05) is 7.11 Å². The minimum Gasteiger partial charge on any atom is -0.496 e. The van der Waals surface area contributed by atoms with Gasteiger partial charge in [0.05, 0.1) is 12.7 Å². The Morgan fingerprint density at radius 2 is 2.17 bits per heavy atom. The molecule has 0 spiro atoms. The van der Waals surface area contributed by atoms with Gasteiger partial charge in [0.25, 0.3) is 0 Å². The van der Waals surface area contributed by atoms with Crippen molar-refractivity contribution in [1.29, 1.82) is 0 Å². The zero-order valence-corrected chi connectivity index (χ0v) is 10.6. The number of hydrogen-bond donors (Lipinski definition) is 2. The molecule has 5 heteroatoms. The first kappa shape index (κ1) is 12.7. The van der Waals surface area contributed by atoms with Gasteiger partial charge in [-0.3, -0.25) is 0 Å². The van der Waals surface area contributed by atoms with Gasteiger partial charge in [-0.25, -0.2) is 4.79 Å². The quantitative estimate of drug-likeness (QED) is 0.851. The molecule has 0 amide bonds. The standard InChI is InChI=1S/C13H16O5/c1-13(2,16)10-6-8-9(17-3)5-4-7(12(14)15)11(8)18-10/h4-5,10,16H,6H2,1-3H3,(H,14,15)/t10-/m0/s1. The third-order valence-corrected chi connectivity index (χ3v) is 3.11. The molecule has 1 aliphatic rings. The number of hydrogen-bond acceptors (Lipinski definition) is 4. The van der Waals surface area contributed by atoms with E-state index in [1.54, 1.807) is 19.9 Å². The van der Waals surface area contributed by atoms with Crippen LogP contribution in [0.5, 0.6) is 11.5 Å². The second-order valence-corrected chi connectivity index (χ2v) is 4.89. The highest BCUT2D eigenvalue weighted by Gasteiger charge is 2.38. The van der Waals surface area contributed by atoms with E-state index < -0.39 is 17.7 Å². The molecule has 0 radical (unpaired) electrons. The van der Waals surface area contributed by atoms with Crippen LogP contribution >= 0.6 is 0 Å². The van der Waals surface area contributed by atoms with Gasteiger partial charge in [-0.1, -0.05) is 0 Å². The van der Waals surface area contributed by atoms with Crippen LogP contribution in [0.3, 0.4) is 0 Å². The summed E-state index contributed by atoms with van der Waals surface area (Å²) in [7, 11) is 1.52. The molecule has 1 aliphatic heterocycles. The third kappa shape index (κ3) is 2.01. The first-order valence-corrected chi connectivity index (χ1v) is 5.66. The fraction of sp³-hybridized carbons (Fsp3) is 0.462. The average Bonchev–Trinajstić information content (AvgIpc) is 2.71. The van der Waals surface area contributed by atoms with Crippen molar-refractivity contribution in [2.24, 2.45) is 0 Å². The second-order valence-electron chi connectivity index (χ2n) is 4.89. The first-order valence-electron chi connectivity index (χ1n) is 5.66. The average molecular weight is 252 g/mol. The summed E-state index contributed by atoms with van der Waals surface area (Å²) in [5.41, 5.74) is -0.248. The number of aliphatic hydroxyl groups is 1. The van der Waals surface area contributed by atoms with Gasteiger partial charge < -0.3 is 19.7 Å². The van der Waals surface area contributed by atoms with Crippen molar-refractivity contribution < 1.29 is 24.5 Å². The Labute approximate surface area is 105 Å². The first-order chi connectivity index (χ1) is 8.34. The van der Waals surface area contributed by atoms with E-state index in [0.717, 1.165) is 0 Å². The molecular weight excluding hydrogens is 236 g/mol. The molecule has 0 aliphatic carbocycles. The maximum atomic E-state index is 11.1. The molecule has 5 nitrogen and oxygen atoms in total. The van der Waals surface area contributed by atoms with Crippen molar-refractivity contribution in [2.45, 2.75) is 32.0 Å². The summed E-state index contributed by atoms with van der Waals surface area (Å²) in [6, 6.07) is 3.06. The van der Waals surface area contributed by atoms with Crippen molar-refractivity contribution in [3.63, 3.8) is 0 Å². The number of aromatic carboxylic acids is 1. The van der Waals surface area contributed by atoms with Crippen LogP contribution in [0, 0.1) is 0 Å². The summed E-state index contributed by atoms with van der Waals surface area (Å²) in [6.45, 7) is 3.27. The SMILES string of the molecule is COc1ccc(C(=O)O)c2c1C[C@@H](C(C)(C)O)O2. The number of carboxylic acid groups (broad SMARTS) is 1. The predicted molar refractivity (Wildman–Crippen MR) is 64.4 cm³/mol. The van der Waals surface area contributed by atoms with Crippen LogP contribution in [0.1, 0.15) is 29.8 Å². The minimum absolute atomic E-state index is 0.0950. The molecule has 98 valence electrons. The van der Waals surface area contributed by atoms with Crippen LogP contribution in [0.25, 0.3) is 0 Å². The maximum absolute atomic E-state index is 11.1. The van der Waals surface area contributed by atoms with Crippen molar-refractivity contribution in [1.82, 2.24) is 0 Å². The molecule has 0 saturated heterocycles. The number of methoxy groups -OCH3 is 1. The molecule has 1 atom stereocenters. The van der Waals surface area contributed by atoms with Gasteiger partial charge in [-0.05, 0) is 26.0 Å². The Kier molecular flexibility index (Phi) is 2.94. The lowest BCUT2D eigenvalue weighted by Crippen LogP contribution is -2.39. The monoisotopic (exact) mass is 252 g/mol. The number of benzene rings is 1. The molecule has 18 heavy (non-hydrogen) atoms. The van der Waals surface area contributed by atoms with Crippen LogP contribution in [0.15, 0.2) is 12.1 Å². The fourth-order valence-corrected chi connectivity index (χ4v) is 2.06. The molecule has 1 aromatic carbocycles. The third-order valence-electron chi connectivity index (χ3n) is 3.11. The van der Waals surface area contributed by atoms with Gasteiger partial charge in [0.1, 0.15) is 23.2 Å². The van der Waals surface area contributed by atoms with Crippen LogP contribution < -0.4 is 9.47 Å². The number of carbonyl (C=O) groups is 1. The molecule has 0 fully saturated rings. The second kappa shape index (κ2) is 4.17. The van der Waals surface area contributed by atoms with E-state index in [9.17, 15) is 9.90 Å². The zero-order valence-electron chi connectivity index (χ0n) is 10.6. The highest BCUT2D eigenvalue weighted by molar-refractivity contribution is 5.92. The van der Waals surface area contributed by atoms with Crippen molar-refractivity contribution in [3.05, 3.63) is 23.3 Å². The molecule has 0 saturated carbocycles. The number of rotatable bonds is 3. The Hall–Kier alpha value is -1.75. The number of ether oxygens (including phenoxy) is 2. The van der Waals surface area contributed by atoms with E-state index >= 15 is 0 Å². The molecule has 1 aromatic rings. The fourth-order valence-electron chi connectivity index (χ4n) is 2.06. The van der Waals surface area contributed by atoms with Crippen molar-refractivity contribution >= 4 is 5.97 Å². The van der Waals surface area contributed by atoms with Crippen LogP contribution in [0.4, 0.5) is 0 Å². The van der Waals surface area contributed by atoms with E-state index in [4.69, 9.17) is 14.6 Å². The highest BCUT2D eigenvalue weighted by Crippen LogP contribution is 2.41. The van der Waals surface area contributed by atoms with E-state index in [1.807, 2.05) is 0 Å². The summed E-state index contributed by atoms with van der Waals surface area (Å²) in [5.74, 6) is -0.166. The lowest BCUT2D eigenvalue weighted by Gasteiger charge is -2.24. The van der Waals surface area contributed by atoms with Gasteiger partial charge in [-0.15, -0.1) is 0 Å². The van der Waals surface area contributed by atoms with Crippen molar-refractivity contribution in [3.8, 4) is 11.5 Å². The summed E-state index contributed by atoms with van der Waals surface area (Å²) in [5, 5.41) is 19.1. The molecule has 0 bridgehead atoms. The summed E-state index contributed by atoms with van der Waals surface area (Å²) >= 11 is 0. The smallest absolute Gasteiger partial charge is 0.339 e. The Balaban J connectivity index is 2.48. The van der Waals surface area contributed by atoms with Gasteiger partial charge in [0.15, 0.2) is 0 Å². The van der Waals surface area contributed by atoms with E-state index in [0.29, 0.717) is 23.5 Å². The Bertz CT molecular complexity index is 487. The van der Waals surface area contributed by atoms with Gasteiger partial charge in [-0.2, -0.15) is 0 Å². The minimum atomic E-state index is -1.05. The number of fused-ring (bicyclic) bond motifs is 1. The van der Waals surface area contributed by atoms with Crippen LogP contribution in [0.2, 0.25) is 0 Å². The topological polar surface area (TPSA) is 76.0 Å². The lowest BCUT2D eigenvalue weighted by atomic mass is 9.96. The Morgan fingerprint density at radius 1 is 1.50 bits per heavy atom. The van der Waals surface area contributed by atoms with Gasteiger partial charge in [0.2, 0.25) is 0 Å². The van der Waals surface area contributed by atoms with E-state index in [1.165, 1.54) is 13.2 Å². The predicted octanol–water partition coefficient (Wildman–Crippen LogP) is 1.47. The molecule has 0 unspecified atom stereocenters. The summed E-state index contributed by atoms with van der Waals surface area (Å²) in [6.07, 6.45) is -0.0368. The molecule has 0 aromatic heterocycles.